The highest BCUT2D eigenvalue weighted by atomic mass is 79.9. The first-order chi connectivity index (χ1) is 9.63. The predicted molar refractivity (Wildman–Crippen MR) is 85.9 cm³/mol. The van der Waals surface area contributed by atoms with E-state index in [-0.39, 0.29) is 5.69 Å². The number of hydrogen-bond acceptors (Lipinski definition) is 4. The first-order valence-electron chi connectivity index (χ1n) is 5.82. The Morgan fingerprint density at radius 3 is 2.80 bits per heavy atom. The number of nitro groups is 1. The van der Waals surface area contributed by atoms with Crippen LogP contribution >= 0.6 is 27.3 Å². The maximum absolute atomic E-state index is 11.1. The van der Waals surface area contributed by atoms with Gasteiger partial charge in [0.05, 0.1) is 4.92 Å². The number of nitro benzene ring substituents is 1. The van der Waals surface area contributed by atoms with Crippen LogP contribution < -0.4 is 5.32 Å². The number of benzene rings is 2. The highest BCUT2D eigenvalue weighted by molar-refractivity contribution is 9.10. The third kappa shape index (κ3) is 2.52. The van der Waals surface area contributed by atoms with Gasteiger partial charge in [0.1, 0.15) is 5.69 Å². The first-order valence-corrected chi connectivity index (χ1v) is 7.49. The molecule has 0 atom stereocenters. The van der Waals surface area contributed by atoms with E-state index >= 15 is 0 Å². The van der Waals surface area contributed by atoms with Gasteiger partial charge in [0, 0.05) is 20.9 Å². The summed E-state index contributed by atoms with van der Waals surface area (Å²) >= 11 is 4.92. The highest BCUT2D eigenvalue weighted by Gasteiger charge is 2.14. The summed E-state index contributed by atoms with van der Waals surface area (Å²) < 4.78 is 1.88. The van der Waals surface area contributed by atoms with Crippen LogP contribution in [-0.4, -0.2) is 4.92 Å². The van der Waals surface area contributed by atoms with Gasteiger partial charge >= 0.3 is 0 Å². The maximum Gasteiger partial charge on any atom is 0.293 e. The Kier molecular flexibility index (Phi) is 3.42. The summed E-state index contributed by atoms with van der Waals surface area (Å²) in [5, 5.41) is 17.3. The van der Waals surface area contributed by atoms with Crippen molar-refractivity contribution >= 4 is 54.4 Å². The van der Waals surface area contributed by atoms with E-state index < -0.39 is 4.92 Å². The van der Waals surface area contributed by atoms with E-state index in [0.717, 1.165) is 11.1 Å². The van der Waals surface area contributed by atoms with Crippen LogP contribution in [0.25, 0.3) is 10.1 Å². The minimum atomic E-state index is -0.393. The lowest BCUT2D eigenvalue weighted by atomic mass is 10.2. The van der Waals surface area contributed by atoms with Crippen molar-refractivity contribution in [2.45, 2.75) is 0 Å². The normalized spacial score (nSPS) is 10.7. The molecule has 100 valence electrons. The lowest BCUT2D eigenvalue weighted by Gasteiger charge is -2.07. The average molecular weight is 349 g/mol. The molecule has 3 aromatic rings. The van der Waals surface area contributed by atoms with Crippen LogP contribution in [-0.2, 0) is 0 Å². The Hall–Kier alpha value is -1.92. The van der Waals surface area contributed by atoms with E-state index in [0.29, 0.717) is 10.2 Å². The van der Waals surface area contributed by atoms with Gasteiger partial charge in [-0.15, -0.1) is 11.3 Å². The zero-order valence-corrected chi connectivity index (χ0v) is 12.6. The monoisotopic (exact) mass is 348 g/mol. The zero-order chi connectivity index (χ0) is 14.1. The highest BCUT2D eigenvalue weighted by Crippen LogP contribution is 2.32. The summed E-state index contributed by atoms with van der Waals surface area (Å²) in [5.74, 6) is 0. The van der Waals surface area contributed by atoms with Gasteiger partial charge in [-0.1, -0.05) is 15.9 Å². The molecule has 0 aliphatic heterocycles. The second-order valence-electron chi connectivity index (χ2n) is 4.22. The molecule has 0 radical (unpaired) electrons. The van der Waals surface area contributed by atoms with Gasteiger partial charge in [-0.05, 0) is 47.2 Å². The molecule has 0 amide bonds. The third-order valence-electron chi connectivity index (χ3n) is 2.89. The SMILES string of the molecule is O=[N+]([O-])c1cc(Br)ccc1Nc1ccc2sccc2c1. The molecule has 0 bridgehead atoms. The molecule has 0 aliphatic rings. The van der Waals surface area contributed by atoms with Gasteiger partial charge < -0.3 is 5.32 Å². The first kappa shape index (κ1) is 13.1. The van der Waals surface area contributed by atoms with Crippen LogP contribution in [0.15, 0.2) is 52.3 Å². The van der Waals surface area contributed by atoms with Gasteiger partial charge in [0.15, 0.2) is 0 Å². The van der Waals surface area contributed by atoms with Crippen molar-refractivity contribution in [3.8, 4) is 0 Å². The van der Waals surface area contributed by atoms with Crippen molar-refractivity contribution < 1.29 is 4.92 Å². The molecule has 1 aromatic heterocycles. The molecule has 4 nitrogen and oxygen atoms in total. The molecule has 20 heavy (non-hydrogen) atoms. The second kappa shape index (κ2) is 5.22. The Balaban J connectivity index is 1.99. The van der Waals surface area contributed by atoms with E-state index in [1.54, 1.807) is 23.5 Å². The number of rotatable bonds is 3. The fourth-order valence-electron chi connectivity index (χ4n) is 1.96. The summed E-state index contributed by atoms with van der Waals surface area (Å²) in [5.41, 5.74) is 1.36. The van der Waals surface area contributed by atoms with Crippen molar-refractivity contribution in [3.63, 3.8) is 0 Å². The largest absolute Gasteiger partial charge is 0.350 e. The maximum atomic E-state index is 11.1. The van der Waals surface area contributed by atoms with Crippen LogP contribution in [0.1, 0.15) is 0 Å². The summed E-state index contributed by atoms with van der Waals surface area (Å²) in [6, 6.07) is 12.9. The average Bonchev–Trinajstić information content (AvgIpc) is 2.88. The van der Waals surface area contributed by atoms with E-state index in [4.69, 9.17) is 0 Å². The van der Waals surface area contributed by atoms with Crippen LogP contribution in [0.3, 0.4) is 0 Å². The number of nitrogens with one attached hydrogen (secondary N) is 1. The molecule has 0 aliphatic carbocycles. The van der Waals surface area contributed by atoms with Crippen molar-refractivity contribution in [1.29, 1.82) is 0 Å². The fraction of sp³-hybridized carbons (Fsp3) is 0. The van der Waals surface area contributed by atoms with Crippen molar-refractivity contribution in [2.24, 2.45) is 0 Å². The molecular formula is C14H9BrN2O2S. The van der Waals surface area contributed by atoms with Crippen LogP contribution in [0.2, 0.25) is 0 Å². The topological polar surface area (TPSA) is 55.2 Å². The molecule has 0 spiro atoms. The third-order valence-corrected chi connectivity index (χ3v) is 4.28. The minimum Gasteiger partial charge on any atom is -0.350 e. The second-order valence-corrected chi connectivity index (χ2v) is 6.08. The summed E-state index contributed by atoms with van der Waals surface area (Å²) in [6.07, 6.45) is 0. The molecule has 0 fully saturated rings. The van der Waals surface area contributed by atoms with Crippen molar-refractivity contribution in [1.82, 2.24) is 0 Å². The lowest BCUT2D eigenvalue weighted by Crippen LogP contribution is -1.96. The number of halogens is 1. The molecule has 0 unspecified atom stereocenters. The quantitative estimate of drug-likeness (QED) is 0.515. The van der Waals surface area contributed by atoms with E-state index in [9.17, 15) is 10.1 Å². The minimum absolute atomic E-state index is 0.0461. The molecule has 0 saturated heterocycles. The van der Waals surface area contributed by atoms with E-state index in [1.165, 1.54) is 10.8 Å². The number of thiophene rings is 1. The number of fused-ring (bicyclic) bond motifs is 1. The van der Waals surface area contributed by atoms with Gasteiger partial charge in [-0.2, -0.15) is 0 Å². The Morgan fingerprint density at radius 2 is 2.00 bits per heavy atom. The summed E-state index contributed by atoms with van der Waals surface area (Å²) in [6.45, 7) is 0. The smallest absolute Gasteiger partial charge is 0.293 e. The molecule has 1 N–H and O–H groups in total. The fourth-order valence-corrected chi connectivity index (χ4v) is 3.08. The number of nitrogens with zero attached hydrogens (tertiary/aromatic N) is 1. The molecule has 1 heterocycles. The Bertz CT molecular complexity index is 801. The zero-order valence-electron chi connectivity index (χ0n) is 10.2. The molecular weight excluding hydrogens is 340 g/mol. The number of anilines is 2. The van der Waals surface area contributed by atoms with E-state index in [1.807, 2.05) is 29.6 Å². The van der Waals surface area contributed by atoms with Crippen LogP contribution in [0, 0.1) is 10.1 Å². The van der Waals surface area contributed by atoms with Gasteiger partial charge in [0.25, 0.3) is 5.69 Å². The molecule has 6 heteroatoms. The Morgan fingerprint density at radius 1 is 1.15 bits per heavy atom. The van der Waals surface area contributed by atoms with Gasteiger partial charge in [-0.3, -0.25) is 10.1 Å². The summed E-state index contributed by atoms with van der Waals surface area (Å²) in [7, 11) is 0. The molecule has 0 saturated carbocycles. The van der Waals surface area contributed by atoms with Crippen LogP contribution in [0.5, 0.6) is 0 Å². The van der Waals surface area contributed by atoms with Crippen molar-refractivity contribution in [3.05, 3.63) is 62.4 Å². The standard InChI is InChI=1S/C14H9BrN2O2S/c15-10-1-3-12(13(8-10)17(18)19)16-11-2-4-14-9(7-11)5-6-20-14/h1-8,16H. The summed E-state index contributed by atoms with van der Waals surface area (Å²) in [4.78, 5) is 10.7. The number of hydrogen-bond donors (Lipinski definition) is 1. The molecule has 2 aromatic carbocycles. The Labute approximate surface area is 127 Å². The van der Waals surface area contributed by atoms with E-state index in [2.05, 4.69) is 21.2 Å². The van der Waals surface area contributed by atoms with Gasteiger partial charge in [-0.25, -0.2) is 0 Å². The van der Waals surface area contributed by atoms with Crippen molar-refractivity contribution in [2.75, 3.05) is 5.32 Å². The van der Waals surface area contributed by atoms with Gasteiger partial charge in [0.2, 0.25) is 0 Å². The van der Waals surface area contributed by atoms with Crippen LogP contribution in [0.4, 0.5) is 17.1 Å². The molecule has 3 rings (SSSR count). The lowest BCUT2D eigenvalue weighted by molar-refractivity contribution is -0.384. The predicted octanol–water partition coefficient (Wildman–Crippen LogP) is 5.32.